The molecule has 0 spiro atoms. The number of ketones is 1. The maximum atomic E-state index is 11.6. The third-order valence-electron chi connectivity index (χ3n) is 2.57. The summed E-state index contributed by atoms with van der Waals surface area (Å²) in [5.41, 5.74) is 0.939. The van der Waals surface area contributed by atoms with E-state index in [1.165, 1.54) is 6.92 Å². The molecule has 0 radical (unpaired) electrons. The Morgan fingerprint density at radius 1 is 1.44 bits per heavy atom. The van der Waals surface area contributed by atoms with Crippen molar-refractivity contribution in [2.45, 2.75) is 39.7 Å². The number of rotatable bonds is 6. The van der Waals surface area contributed by atoms with E-state index in [2.05, 4.69) is 0 Å². The third kappa shape index (κ3) is 3.47. The summed E-state index contributed by atoms with van der Waals surface area (Å²) < 4.78 is 5.34. The second kappa shape index (κ2) is 6.40. The number of phenols is 1. The molecular formula is C14H20O4. The highest BCUT2D eigenvalue weighted by atomic mass is 16.5. The Labute approximate surface area is 107 Å². The van der Waals surface area contributed by atoms with Crippen LogP contribution >= 0.6 is 0 Å². The Bertz CT molecular complexity index is 424. The van der Waals surface area contributed by atoms with E-state index in [4.69, 9.17) is 4.74 Å². The van der Waals surface area contributed by atoms with Crippen LogP contribution in [-0.4, -0.2) is 28.7 Å². The minimum absolute atomic E-state index is 0.00700. The van der Waals surface area contributed by atoms with Crippen LogP contribution in [0.2, 0.25) is 0 Å². The van der Waals surface area contributed by atoms with Gasteiger partial charge in [-0.05, 0) is 31.9 Å². The van der Waals surface area contributed by atoms with E-state index in [1.807, 2.05) is 6.92 Å². The maximum Gasteiger partial charge on any atom is 0.167 e. The predicted octanol–water partition coefficient (Wildman–Crippen LogP) is 2.31. The number of ether oxygens (including phenoxy) is 1. The Morgan fingerprint density at radius 3 is 2.61 bits per heavy atom. The van der Waals surface area contributed by atoms with Crippen LogP contribution in [0.4, 0.5) is 0 Å². The number of carbonyl (C=O) groups excluding carboxylic acids is 1. The highest BCUT2D eigenvalue weighted by Gasteiger charge is 2.17. The fourth-order valence-corrected chi connectivity index (χ4v) is 1.76. The predicted molar refractivity (Wildman–Crippen MR) is 69.3 cm³/mol. The van der Waals surface area contributed by atoms with Gasteiger partial charge >= 0.3 is 0 Å². The average molecular weight is 252 g/mol. The van der Waals surface area contributed by atoms with E-state index in [0.29, 0.717) is 12.2 Å². The smallest absolute Gasteiger partial charge is 0.167 e. The summed E-state index contributed by atoms with van der Waals surface area (Å²) in [6.07, 6.45) is 0.976. The van der Waals surface area contributed by atoms with Crippen LogP contribution in [-0.2, 0) is 6.42 Å². The van der Waals surface area contributed by atoms with Gasteiger partial charge in [0.25, 0.3) is 0 Å². The van der Waals surface area contributed by atoms with Gasteiger partial charge in [-0.15, -0.1) is 0 Å². The normalized spacial score (nSPS) is 12.2. The van der Waals surface area contributed by atoms with Crippen LogP contribution in [0.1, 0.15) is 43.1 Å². The van der Waals surface area contributed by atoms with Crippen LogP contribution in [0.15, 0.2) is 12.1 Å². The summed E-state index contributed by atoms with van der Waals surface area (Å²) in [5.74, 6) is 0.0687. The zero-order valence-corrected chi connectivity index (χ0v) is 11.1. The van der Waals surface area contributed by atoms with Gasteiger partial charge in [0.1, 0.15) is 23.7 Å². The van der Waals surface area contributed by atoms with Gasteiger partial charge in [-0.3, -0.25) is 4.79 Å². The highest BCUT2D eigenvalue weighted by Crippen LogP contribution is 2.32. The number of benzene rings is 1. The minimum atomic E-state index is -0.623. The summed E-state index contributed by atoms with van der Waals surface area (Å²) in [5, 5.41) is 19.3. The van der Waals surface area contributed by atoms with E-state index >= 15 is 0 Å². The van der Waals surface area contributed by atoms with E-state index in [9.17, 15) is 15.0 Å². The summed E-state index contributed by atoms with van der Waals surface area (Å²) in [6.45, 7) is 5.08. The average Bonchev–Trinajstić information content (AvgIpc) is 2.29. The monoisotopic (exact) mass is 252 g/mol. The van der Waals surface area contributed by atoms with Crippen molar-refractivity contribution in [1.29, 1.82) is 0 Å². The zero-order chi connectivity index (χ0) is 13.7. The van der Waals surface area contributed by atoms with Gasteiger partial charge in [0.05, 0.1) is 6.10 Å². The molecule has 0 aliphatic heterocycles. The summed E-state index contributed by atoms with van der Waals surface area (Å²) >= 11 is 0. The number of hydrogen-bond donors (Lipinski definition) is 2. The Morgan fingerprint density at radius 2 is 2.11 bits per heavy atom. The molecular weight excluding hydrogens is 232 g/mol. The van der Waals surface area contributed by atoms with Crippen LogP contribution in [0.3, 0.4) is 0 Å². The first-order valence-corrected chi connectivity index (χ1v) is 6.14. The van der Waals surface area contributed by atoms with E-state index in [0.717, 1.165) is 12.0 Å². The lowest BCUT2D eigenvalue weighted by Gasteiger charge is -2.14. The first-order valence-electron chi connectivity index (χ1n) is 6.14. The molecule has 0 saturated carbocycles. The van der Waals surface area contributed by atoms with Crippen molar-refractivity contribution >= 4 is 5.78 Å². The molecule has 0 bridgehead atoms. The van der Waals surface area contributed by atoms with Crippen molar-refractivity contribution < 1.29 is 19.7 Å². The highest BCUT2D eigenvalue weighted by molar-refractivity contribution is 5.99. The first kappa shape index (κ1) is 14.5. The Hall–Kier alpha value is -1.55. The molecule has 0 amide bonds. The molecule has 2 N–H and O–H groups in total. The lowest BCUT2D eigenvalue weighted by molar-refractivity contribution is 0.0991. The minimum Gasteiger partial charge on any atom is -0.507 e. The molecule has 0 unspecified atom stereocenters. The fraction of sp³-hybridized carbons (Fsp3) is 0.500. The fourth-order valence-electron chi connectivity index (χ4n) is 1.76. The lowest BCUT2D eigenvalue weighted by Crippen LogP contribution is -2.14. The molecule has 1 rings (SSSR count). The molecule has 1 aromatic rings. The molecule has 0 saturated heterocycles. The van der Waals surface area contributed by atoms with Crippen molar-refractivity contribution in [2.24, 2.45) is 0 Å². The number of hydrogen-bond acceptors (Lipinski definition) is 4. The van der Waals surface area contributed by atoms with Crippen LogP contribution in [0, 0.1) is 0 Å². The zero-order valence-electron chi connectivity index (χ0n) is 11.1. The number of aromatic hydroxyl groups is 1. The quantitative estimate of drug-likeness (QED) is 0.762. The Kier molecular flexibility index (Phi) is 5.16. The number of aryl methyl sites for hydroxylation is 1. The molecule has 100 valence electrons. The molecule has 0 aliphatic carbocycles. The SMILES string of the molecule is CCCc1ccc(OC[C@H](C)O)c(C(C)=O)c1O. The van der Waals surface area contributed by atoms with Gasteiger partial charge in [-0.2, -0.15) is 0 Å². The molecule has 0 aliphatic rings. The van der Waals surface area contributed by atoms with Crippen LogP contribution in [0.5, 0.6) is 11.5 Å². The largest absolute Gasteiger partial charge is 0.507 e. The number of Topliss-reactive ketones (excluding diaryl/α,β-unsaturated/α-hetero) is 1. The second-order valence-corrected chi connectivity index (χ2v) is 4.41. The molecule has 18 heavy (non-hydrogen) atoms. The van der Waals surface area contributed by atoms with E-state index in [1.54, 1.807) is 19.1 Å². The first-order chi connectivity index (χ1) is 8.47. The number of phenolic OH excluding ortho intramolecular Hbond substituents is 1. The molecule has 0 fully saturated rings. The van der Waals surface area contributed by atoms with Gasteiger partial charge in [-0.1, -0.05) is 19.4 Å². The standard InChI is InChI=1S/C14H20O4/c1-4-5-11-6-7-12(18-8-9(2)15)13(10(3)16)14(11)17/h6-7,9,15,17H,4-5,8H2,1-3H3/t9-/m0/s1. The van der Waals surface area contributed by atoms with Crippen LogP contribution < -0.4 is 4.74 Å². The van der Waals surface area contributed by atoms with Gasteiger partial charge in [0, 0.05) is 0 Å². The topological polar surface area (TPSA) is 66.8 Å². The molecule has 0 heterocycles. The maximum absolute atomic E-state index is 11.6. The van der Waals surface area contributed by atoms with Crippen molar-refractivity contribution in [3.05, 3.63) is 23.3 Å². The van der Waals surface area contributed by atoms with Gasteiger partial charge in [0.2, 0.25) is 0 Å². The summed E-state index contributed by atoms with van der Waals surface area (Å²) in [4.78, 5) is 11.6. The number of aliphatic hydroxyl groups excluding tert-OH is 1. The van der Waals surface area contributed by atoms with Crippen LogP contribution in [0.25, 0.3) is 0 Å². The van der Waals surface area contributed by atoms with Gasteiger partial charge < -0.3 is 14.9 Å². The van der Waals surface area contributed by atoms with E-state index in [-0.39, 0.29) is 23.7 Å². The molecule has 1 atom stereocenters. The number of aliphatic hydroxyl groups is 1. The van der Waals surface area contributed by atoms with E-state index < -0.39 is 6.10 Å². The van der Waals surface area contributed by atoms with Gasteiger partial charge in [0.15, 0.2) is 5.78 Å². The van der Waals surface area contributed by atoms with Crippen molar-refractivity contribution in [3.8, 4) is 11.5 Å². The number of carbonyl (C=O) groups is 1. The Balaban J connectivity index is 3.11. The third-order valence-corrected chi connectivity index (χ3v) is 2.57. The van der Waals surface area contributed by atoms with Crippen molar-refractivity contribution in [1.82, 2.24) is 0 Å². The molecule has 4 heteroatoms. The van der Waals surface area contributed by atoms with Gasteiger partial charge in [-0.25, -0.2) is 0 Å². The molecule has 1 aromatic carbocycles. The summed E-state index contributed by atoms with van der Waals surface area (Å²) in [6, 6.07) is 3.42. The molecule has 0 aromatic heterocycles. The molecule has 4 nitrogen and oxygen atoms in total. The van der Waals surface area contributed by atoms with Crippen molar-refractivity contribution in [2.75, 3.05) is 6.61 Å². The second-order valence-electron chi connectivity index (χ2n) is 4.41. The van der Waals surface area contributed by atoms with Crippen molar-refractivity contribution in [3.63, 3.8) is 0 Å². The summed E-state index contributed by atoms with van der Waals surface area (Å²) in [7, 11) is 0. The lowest BCUT2D eigenvalue weighted by atomic mass is 10.0.